The van der Waals surface area contributed by atoms with Crippen molar-refractivity contribution in [1.82, 2.24) is 9.97 Å². The summed E-state index contributed by atoms with van der Waals surface area (Å²) in [6, 6.07) is 0. The Balaban J connectivity index is 2.27. The van der Waals surface area contributed by atoms with Gasteiger partial charge in [-0.2, -0.15) is 11.8 Å². The highest BCUT2D eigenvalue weighted by Crippen LogP contribution is 2.36. The number of hydrogen-bond donors (Lipinski definition) is 1. The Kier molecular flexibility index (Phi) is 3.03. The van der Waals surface area contributed by atoms with E-state index in [-0.39, 0.29) is 5.41 Å². The first-order valence-corrected chi connectivity index (χ1v) is 6.06. The molecule has 0 bridgehead atoms. The lowest BCUT2D eigenvalue weighted by Gasteiger charge is -2.35. The standard InChI is InChI=1S/C10H15N3S/c11-7-10(1-3-14-4-2-10)9-5-12-8-13-6-9/h5-6,8H,1-4,7,11H2. The number of rotatable bonds is 2. The number of nitrogens with two attached hydrogens (primary N) is 1. The van der Waals surface area contributed by atoms with Crippen molar-refractivity contribution in [3.8, 4) is 0 Å². The van der Waals surface area contributed by atoms with Crippen LogP contribution in [0, 0.1) is 0 Å². The average Bonchev–Trinajstić information content (AvgIpc) is 2.31. The zero-order valence-corrected chi connectivity index (χ0v) is 8.96. The first-order chi connectivity index (χ1) is 6.87. The molecule has 0 spiro atoms. The van der Waals surface area contributed by atoms with Crippen LogP contribution in [0.2, 0.25) is 0 Å². The van der Waals surface area contributed by atoms with Crippen LogP contribution in [-0.2, 0) is 5.41 Å². The lowest BCUT2D eigenvalue weighted by Crippen LogP contribution is -2.38. The lowest BCUT2D eigenvalue weighted by atomic mass is 9.77. The monoisotopic (exact) mass is 209 g/mol. The minimum atomic E-state index is 0.145. The molecule has 0 aliphatic carbocycles. The van der Waals surface area contributed by atoms with Gasteiger partial charge in [-0.3, -0.25) is 0 Å². The summed E-state index contributed by atoms with van der Waals surface area (Å²) in [7, 11) is 0. The summed E-state index contributed by atoms with van der Waals surface area (Å²) < 4.78 is 0. The van der Waals surface area contributed by atoms with Gasteiger partial charge in [-0.1, -0.05) is 0 Å². The predicted molar refractivity (Wildman–Crippen MR) is 59.3 cm³/mol. The molecule has 1 aromatic rings. The third kappa shape index (κ3) is 1.77. The van der Waals surface area contributed by atoms with E-state index >= 15 is 0 Å². The third-order valence-corrected chi connectivity index (χ3v) is 4.00. The van der Waals surface area contributed by atoms with Crippen LogP contribution in [-0.4, -0.2) is 28.0 Å². The Bertz CT molecular complexity index is 283. The predicted octanol–water partition coefficient (Wildman–Crippen LogP) is 1.20. The van der Waals surface area contributed by atoms with Gasteiger partial charge in [0.2, 0.25) is 0 Å². The van der Waals surface area contributed by atoms with E-state index in [1.54, 1.807) is 6.33 Å². The van der Waals surface area contributed by atoms with E-state index in [1.807, 2.05) is 24.2 Å². The van der Waals surface area contributed by atoms with Crippen LogP contribution >= 0.6 is 11.8 Å². The van der Waals surface area contributed by atoms with Crippen molar-refractivity contribution >= 4 is 11.8 Å². The Labute approximate surface area is 88.5 Å². The second-order valence-corrected chi connectivity index (χ2v) is 4.95. The Morgan fingerprint density at radius 1 is 1.29 bits per heavy atom. The third-order valence-electron chi connectivity index (χ3n) is 3.01. The molecule has 2 N–H and O–H groups in total. The van der Waals surface area contributed by atoms with Crippen molar-refractivity contribution in [2.24, 2.45) is 5.73 Å². The summed E-state index contributed by atoms with van der Waals surface area (Å²) in [6.45, 7) is 0.709. The average molecular weight is 209 g/mol. The SMILES string of the molecule is NCC1(c2cncnc2)CCSCC1. The minimum Gasteiger partial charge on any atom is -0.330 e. The van der Waals surface area contributed by atoms with Crippen LogP contribution in [0.5, 0.6) is 0 Å². The first kappa shape index (κ1) is 9.93. The van der Waals surface area contributed by atoms with Crippen molar-refractivity contribution in [2.45, 2.75) is 18.3 Å². The molecule has 0 amide bonds. The van der Waals surface area contributed by atoms with Gasteiger partial charge >= 0.3 is 0 Å². The van der Waals surface area contributed by atoms with E-state index in [4.69, 9.17) is 5.73 Å². The highest BCUT2D eigenvalue weighted by molar-refractivity contribution is 7.99. The highest BCUT2D eigenvalue weighted by atomic mass is 32.2. The van der Waals surface area contributed by atoms with Crippen LogP contribution in [0.15, 0.2) is 18.7 Å². The molecule has 0 atom stereocenters. The maximum Gasteiger partial charge on any atom is 0.115 e. The molecule has 0 radical (unpaired) electrons. The van der Waals surface area contributed by atoms with Gasteiger partial charge in [-0.05, 0) is 29.9 Å². The van der Waals surface area contributed by atoms with Gasteiger partial charge in [0.15, 0.2) is 0 Å². The number of nitrogens with zero attached hydrogens (tertiary/aromatic N) is 2. The van der Waals surface area contributed by atoms with E-state index in [2.05, 4.69) is 9.97 Å². The number of thioether (sulfide) groups is 1. The summed E-state index contributed by atoms with van der Waals surface area (Å²) >= 11 is 2.01. The molecule has 1 aliphatic rings. The molecule has 4 heteroatoms. The van der Waals surface area contributed by atoms with Crippen molar-refractivity contribution < 1.29 is 0 Å². The number of aromatic nitrogens is 2. The van der Waals surface area contributed by atoms with Gasteiger partial charge in [0, 0.05) is 24.4 Å². The Morgan fingerprint density at radius 2 is 1.93 bits per heavy atom. The van der Waals surface area contributed by atoms with Crippen LogP contribution < -0.4 is 5.73 Å². The molecule has 2 heterocycles. The summed E-state index contributed by atoms with van der Waals surface area (Å²) in [5.41, 5.74) is 7.26. The molecule has 0 unspecified atom stereocenters. The van der Waals surface area contributed by atoms with Crippen LogP contribution in [0.4, 0.5) is 0 Å². The summed E-state index contributed by atoms with van der Waals surface area (Å²) in [5, 5.41) is 0. The summed E-state index contributed by atoms with van der Waals surface area (Å²) in [6.07, 6.45) is 7.71. The smallest absolute Gasteiger partial charge is 0.115 e. The van der Waals surface area contributed by atoms with Crippen LogP contribution in [0.1, 0.15) is 18.4 Å². The molecule has 1 aliphatic heterocycles. The second kappa shape index (κ2) is 4.28. The summed E-state index contributed by atoms with van der Waals surface area (Å²) in [4.78, 5) is 8.16. The van der Waals surface area contributed by atoms with Crippen molar-refractivity contribution in [3.63, 3.8) is 0 Å². The van der Waals surface area contributed by atoms with E-state index in [9.17, 15) is 0 Å². The zero-order valence-electron chi connectivity index (χ0n) is 8.15. The highest BCUT2D eigenvalue weighted by Gasteiger charge is 2.33. The Hall–Kier alpha value is -0.610. The largest absolute Gasteiger partial charge is 0.330 e. The molecule has 14 heavy (non-hydrogen) atoms. The van der Waals surface area contributed by atoms with Crippen molar-refractivity contribution in [1.29, 1.82) is 0 Å². The molecular weight excluding hydrogens is 194 g/mol. The van der Waals surface area contributed by atoms with Crippen LogP contribution in [0.25, 0.3) is 0 Å². The molecule has 0 saturated carbocycles. The van der Waals surface area contributed by atoms with Gasteiger partial charge in [-0.15, -0.1) is 0 Å². The van der Waals surface area contributed by atoms with Gasteiger partial charge < -0.3 is 5.73 Å². The molecule has 1 aromatic heterocycles. The zero-order chi connectivity index (χ0) is 9.86. The lowest BCUT2D eigenvalue weighted by molar-refractivity contribution is 0.402. The second-order valence-electron chi connectivity index (χ2n) is 3.72. The quantitative estimate of drug-likeness (QED) is 0.795. The van der Waals surface area contributed by atoms with Gasteiger partial charge in [0.05, 0.1) is 0 Å². The fourth-order valence-corrected chi connectivity index (χ4v) is 3.22. The molecule has 0 aromatic carbocycles. The maximum absolute atomic E-state index is 5.91. The fraction of sp³-hybridized carbons (Fsp3) is 0.600. The van der Waals surface area contributed by atoms with E-state index in [1.165, 1.54) is 17.1 Å². The van der Waals surface area contributed by atoms with Gasteiger partial charge in [-0.25, -0.2) is 9.97 Å². The fourth-order valence-electron chi connectivity index (χ4n) is 1.95. The molecule has 1 saturated heterocycles. The van der Waals surface area contributed by atoms with E-state index < -0.39 is 0 Å². The van der Waals surface area contributed by atoms with Crippen LogP contribution in [0.3, 0.4) is 0 Å². The van der Waals surface area contributed by atoms with Crippen molar-refractivity contribution in [2.75, 3.05) is 18.1 Å². The first-order valence-electron chi connectivity index (χ1n) is 4.91. The summed E-state index contributed by atoms with van der Waals surface area (Å²) in [5.74, 6) is 2.40. The molecule has 2 rings (SSSR count). The van der Waals surface area contributed by atoms with Crippen molar-refractivity contribution in [3.05, 3.63) is 24.3 Å². The normalized spacial score (nSPS) is 20.6. The number of hydrogen-bond acceptors (Lipinski definition) is 4. The van der Waals surface area contributed by atoms with Gasteiger partial charge in [0.25, 0.3) is 0 Å². The molecular formula is C10H15N3S. The molecule has 76 valence electrons. The molecule has 3 nitrogen and oxygen atoms in total. The minimum absolute atomic E-state index is 0.145. The van der Waals surface area contributed by atoms with E-state index in [0.29, 0.717) is 6.54 Å². The molecule has 1 fully saturated rings. The Morgan fingerprint density at radius 3 is 2.50 bits per heavy atom. The van der Waals surface area contributed by atoms with E-state index in [0.717, 1.165) is 12.8 Å². The topological polar surface area (TPSA) is 51.8 Å². The van der Waals surface area contributed by atoms with Gasteiger partial charge in [0.1, 0.15) is 6.33 Å². The maximum atomic E-state index is 5.91.